The Hall–Kier alpha value is -0.490. The van der Waals surface area contributed by atoms with E-state index in [9.17, 15) is 4.79 Å². The van der Waals surface area contributed by atoms with Crippen molar-refractivity contribution in [2.45, 2.75) is 26.1 Å². The van der Waals surface area contributed by atoms with Crippen LogP contribution in [-0.2, 0) is 14.3 Å². The third kappa shape index (κ3) is 24.6. The summed E-state index contributed by atoms with van der Waals surface area (Å²) < 4.78 is 9.35. The maximum atomic E-state index is 9.51. The molecule has 0 saturated carbocycles. The summed E-state index contributed by atoms with van der Waals surface area (Å²) in [5.41, 5.74) is 5.06. The Labute approximate surface area is 80.2 Å². The van der Waals surface area contributed by atoms with Gasteiger partial charge in [-0.1, -0.05) is 0 Å². The lowest BCUT2D eigenvalue weighted by atomic mass is 10.3. The summed E-state index contributed by atoms with van der Waals surface area (Å²) in [6.07, 6.45) is 2.25. The molecule has 5 N–H and O–H groups in total. The van der Waals surface area contributed by atoms with Crippen LogP contribution in [0.5, 0.6) is 0 Å². The molecule has 0 spiro atoms. The van der Waals surface area contributed by atoms with E-state index in [1.807, 2.05) is 6.92 Å². The highest BCUT2D eigenvalue weighted by atomic mass is 16.7. The van der Waals surface area contributed by atoms with E-state index < -0.39 is 0 Å². The lowest BCUT2D eigenvalue weighted by Crippen LogP contribution is -2.05. The fourth-order valence-corrected chi connectivity index (χ4v) is 0.297. The summed E-state index contributed by atoms with van der Waals surface area (Å²) in [5, 5.41) is 0. The van der Waals surface area contributed by atoms with Gasteiger partial charge in [0.1, 0.15) is 6.29 Å². The molecule has 0 rings (SSSR count). The maximum Gasteiger partial charge on any atom is 0.154 e. The van der Waals surface area contributed by atoms with Gasteiger partial charge in [0.05, 0.1) is 0 Å². The van der Waals surface area contributed by atoms with Gasteiger partial charge in [-0.15, -0.1) is 0 Å². The van der Waals surface area contributed by atoms with Gasteiger partial charge >= 0.3 is 0 Å². The molecule has 82 valence electrons. The van der Waals surface area contributed by atoms with Crippen molar-refractivity contribution in [3.63, 3.8) is 0 Å². The van der Waals surface area contributed by atoms with E-state index >= 15 is 0 Å². The topological polar surface area (TPSA) is 96.6 Å². The molecule has 13 heavy (non-hydrogen) atoms. The highest BCUT2D eigenvalue weighted by Crippen LogP contribution is 1.83. The molecule has 0 aromatic rings. The lowest BCUT2D eigenvalue weighted by Gasteiger charge is -2.03. The highest BCUT2D eigenvalue weighted by Gasteiger charge is 1.87. The van der Waals surface area contributed by atoms with E-state index in [4.69, 9.17) is 5.73 Å². The van der Waals surface area contributed by atoms with Crippen molar-refractivity contribution in [2.75, 3.05) is 20.8 Å². The van der Waals surface area contributed by atoms with Crippen LogP contribution < -0.4 is 11.9 Å². The summed E-state index contributed by atoms with van der Waals surface area (Å²) in [4.78, 5) is 9.51. The molecule has 0 atom stereocenters. The van der Waals surface area contributed by atoms with Gasteiger partial charge in [-0.2, -0.15) is 0 Å². The molecule has 0 radical (unpaired) electrons. The van der Waals surface area contributed by atoms with Crippen molar-refractivity contribution >= 4 is 6.29 Å². The molecule has 5 nitrogen and oxygen atoms in total. The third-order valence-corrected chi connectivity index (χ3v) is 1.19. The molecule has 0 aliphatic rings. The molecule has 0 saturated heterocycles. The Bertz CT molecular complexity index is 87.5. The molecule has 0 aromatic heterocycles. The molecule has 0 unspecified atom stereocenters. The number of unbranched alkanes of at least 4 members (excludes halogenated alkanes) is 1. The predicted molar refractivity (Wildman–Crippen MR) is 52.9 cm³/mol. The van der Waals surface area contributed by atoms with Crippen LogP contribution in [0.25, 0.3) is 0 Å². The van der Waals surface area contributed by atoms with Gasteiger partial charge < -0.3 is 26.2 Å². The van der Waals surface area contributed by atoms with E-state index in [0.29, 0.717) is 13.0 Å². The first-order valence-electron chi connectivity index (χ1n) is 3.92. The third-order valence-electron chi connectivity index (χ3n) is 1.19. The van der Waals surface area contributed by atoms with Gasteiger partial charge in [0.15, 0.2) is 6.29 Å². The molecular weight excluding hydrogens is 172 g/mol. The molecule has 0 bridgehead atoms. The quantitative estimate of drug-likeness (QED) is 0.381. The van der Waals surface area contributed by atoms with Crippen LogP contribution in [0.15, 0.2) is 0 Å². The number of aldehydes is 1. The average molecular weight is 194 g/mol. The number of hydrogen-bond donors (Lipinski definition) is 2. The van der Waals surface area contributed by atoms with Crippen LogP contribution >= 0.6 is 0 Å². The Morgan fingerprint density at radius 2 is 1.85 bits per heavy atom. The summed E-state index contributed by atoms with van der Waals surface area (Å²) in [7, 11) is 3.21. The van der Waals surface area contributed by atoms with E-state index in [1.165, 1.54) is 0 Å². The number of carbonyl (C=O) groups is 1. The molecule has 0 aliphatic heterocycles. The Morgan fingerprint density at radius 1 is 1.38 bits per heavy atom. The Morgan fingerprint density at radius 3 is 1.92 bits per heavy atom. The van der Waals surface area contributed by atoms with Crippen LogP contribution in [-0.4, -0.2) is 33.3 Å². The largest absolute Gasteiger partial charge is 0.356 e. The van der Waals surface area contributed by atoms with Crippen LogP contribution in [0.4, 0.5) is 0 Å². The van der Waals surface area contributed by atoms with Gasteiger partial charge in [0, 0.05) is 20.6 Å². The number of nitrogens with two attached hydrogens (primary N) is 1. The fourth-order valence-electron chi connectivity index (χ4n) is 0.297. The van der Waals surface area contributed by atoms with Crippen LogP contribution in [0, 0.1) is 0 Å². The molecule has 0 aliphatic carbocycles. The second-order valence-electron chi connectivity index (χ2n) is 2.14. The monoisotopic (exact) mass is 194 g/mol. The predicted octanol–water partition coefficient (Wildman–Crippen LogP) is 0.711. The average Bonchev–Trinajstić information content (AvgIpc) is 2.14. The highest BCUT2D eigenvalue weighted by molar-refractivity contribution is 5.48. The van der Waals surface area contributed by atoms with E-state index in [2.05, 4.69) is 9.47 Å². The van der Waals surface area contributed by atoms with Crippen LogP contribution in [0.2, 0.25) is 0 Å². The second-order valence-corrected chi connectivity index (χ2v) is 2.14. The van der Waals surface area contributed by atoms with Crippen LogP contribution in [0.3, 0.4) is 0 Å². The minimum Gasteiger partial charge on any atom is -0.356 e. The van der Waals surface area contributed by atoms with Gasteiger partial charge in [-0.05, 0) is 19.9 Å². The molecular formula is C8H22N2O3. The molecule has 0 heterocycles. The Kier molecular flexibility index (Phi) is 24.7. The standard InChI is InChI=1S/C4H9NO.C4H10O2.H3N/c5-3-1-2-4-6;1-4(5-2)6-3;/h4H,1-3,5H2;4H,1-3H3;1H3. The van der Waals surface area contributed by atoms with Crippen molar-refractivity contribution < 1.29 is 14.3 Å². The number of ether oxygens (including phenoxy) is 2. The first-order valence-corrected chi connectivity index (χ1v) is 3.92. The second kappa shape index (κ2) is 17.6. The lowest BCUT2D eigenvalue weighted by molar-refractivity contribution is -0.107. The zero-order valence-electron chi connectivity index (χ0n) is 8.79. The van der Waals surface area contributed by atoms with Gasteiger partial charge in [0.25, 0.3) is 0 Å². The maximum absolute atomic E-state index is 9.51. The number of methoxy groups -OCH3 is 2. The minimum absolute atomic E-state index is 0. The van der Waals surface area contributed by atoms with E-state index in [1.54, 1.807) is 14.2 Å². The number of hydrogen-bond acceptors (Lipinski definition) is 5. The molecule has 0 fully saturated rings. The van der Waals surface area contributed by atoms with Gasteiger partial charge in [-0.3, -0.25) is 0 Å². The first kappa shape index (κ1) is 18.3. The van der Waals surface area contributed by atoms with Crippen molar-refractivity contribution in [3.05, 3.63) is 0 Å². The Balaban J connectivity index is -0.000000143. The minimum atomic E-state index is -0.0648. The fraction of sp³-hybridized carbons (Fsp3) is 0.875. The molecule has 0 aromatic carbocycles. The zero-order valence-corrected chi connectivity index (χ0v) is 8.79. The van der Waals surface area contributed by atoms with Crippen LogP contribution in [0.1, 0.15) is 19.8 Å². The van der Waals surface area contributed by atoms with Gasteiger partial charge in [0.2, 0.25) is 0 Å². The summed E-state index contributed by atoms with van der Waals surface area (Å²) in [6.45, 7) is 2.46. The summed E-state index contributed by atoms with van der Waals surface area (Å²) in [5.74, 6) is 0. The molecule has 5 heteroatoms. The van der Waals surface area contributed by atoms with E-state index in [-0.39, 0.29) is 12.4 Å². The van der Waals surface area contributed by atoms with Crippen molar-refractivity contribution in [1.29, 1.82) is 0 Å². The van der Waals surface area contributed by atoms with Gasteiger partial charge in [-0.25, -0.2) is 0 Å². The SMILES string of the molecule is COC(C)OC.N.NCCCC=O. The van der Waals surface area contributed by atoms with Crippen molar-refractivity contribution in [1.82, 2.24) is 6.15 Å². The zero-order chi connectivity index (χ0) is 9.82. The summed E-state index contributed by atoms with van der Waals surface area (Å²) in [6, 6.07) is 0. The first-order chi connectivity index (χ1) is 5.72. The number of carbonyl (C=O) groups excluding carboxylic acids is 1. The summed E-state index contributed by atoms with van der Waals surface area (Å²) >= 11 is 0. The normalized spacial score (nSPS) is 8.38. The van der Waals surface area contributed by atoms with Crippen molar-refractivity contribution in [2.24, 2.45) is 5.73 Å². The number of rotatable bonds is 5. The molecule has 0 amide bonds. The van der Waals surface area contributed by atoms with Crippen molar-refractivity contribution in [3.8, 4) is 0 Å². The van der Waals surface area contributed by atoms with E-state index in [0.717, 1.165) is 12.7 Å². The smallest absolute Gasteiger partial charge is 0.154 e.